The van der Waals surface area contributed by atoms with Crippen molar-refractivity contribution < 1.29 is 27.0 Å². The highest BCUT2D eigenvalue weighted by Crippen LogP contribution is 2.47. The Morgan fingerprint density at radius 1 is 0.714 bits per heavy atom. The van der Waals surface area contributed by atoms with Crippen LogP contribution in [0.2, 0.25) is 0 Å². The van der Waals surface area contributed by atoms with Crippen LogP contribution in [-0.2, 0) is 0 Å². The van der Waals surface area contributed by atoms with Crippen molar-refractivity contribution in [3.05, 3.63) is 42.5 Å². The fraction of sp³-hybridized carbons (Fsp3) is 0.143. The molecule has 1 aliphatic rings. The van der Waals surface area contributed by atoms with Crippen molar-refractivity contribution in [2.45, 2.75) is 12.2 Å². The van der Waals surface area contributed by atoms with Gasteiger partial charge in [0.2, 0.25) is 0 Å². The molecule has 0 unspecified atom stereocenters. The van der Waals surface area contributed by atoms with E-state index in [1.165, 1.54) is 12.1 Å². The van der Waals surface area contributed by atoms with Crippen molar-refractivity contribution >= 4 is 5.69 Å². The molecule has 2 N–H and O–H groups in total. The number of rotatable bonds is 1. The summed E-state index contributed by atoms with van der Waals surface area (Å²) in [6, 6.07) is 10.5. The van der Waals surface area contributed by atoms with Crippen LogP contribution in [-0.4, -0.2) is 12.2 Å². The van der Waals surface area contributed by atoms with Gasteiger partial charge in [0.1, 0.15) is 0 Å². The second-order valence-electron chi connectivity index (χ2n) is 4.52. The second-order valence-corrected chi connectivity index (χ2v) is 4.52. The van der Waals surface area contributed by atoms with Crippen LogP contribution in [0.4, 0.5) is 23.2 Å². The molecule has 0 amide bonds. The predicted molar refractivity (Wildman–Crippen MR) is 67.4 cm³/mol. The molecule has 7 heteroatoms. The zero-order valence-corrected chi connectivity index (χ0v) is 10.4. The lowest BCUT2D eigenvalue weighted by Crippen LogP contribution is -2.52. The second kappa shape index (κ2) is 4.28. The van der Waals surface area contributed by atoms with Gasteiger partial charge in [0, 0.05) is 5.69 Å². The minimum atomic E-state index is -4.72. The molecule has 1 heterocycles. The first-order valence-electron chi connectivity index (χ1n) is 5.92. The average Bonchev–Trinajstić information content (AvgIpc) is 2.40. The summed E-state index contributed by atoms with van der Waals surface area (Å²) in [7, 11) is 0. The SMILES string of the molecule is Nc1ccc(-c2ccc3c(c2)OC(F)(F)C(F)(F)O3)cc1. The van der Waals surface area contributed by atoms with Gasteiger partial charge in [-0.3, -0.25) is 0 Å². The highest BCUT2D eigenvalue weighted by molar-refractivity contribution is 5.68. The van der Waals surface area contributed by atoms with Crippen molar-refractivity contribution in [2.24, 2.45) is 0 Å². The Morgan fingerprint density at radius 2 is 1.24 bits per heavy atom. The lowest BCUT2D eigenvalue weighted by atomic mass is 10.0. The summed E-state index contributed by atoms with van der Waals surface area (Å²) in [5.41, 5.74) is 7.29. The third kappa shape index (κ3) is 2.24. The molecule has 2 aromatic carbocycles. The Morgan fingerprint density at radius 3 is 1.86 bits per heavy atom. The van der Waals surface area contributed by atoms with Crippen molar-refractivity contribution in [1.29, 1.82) is 0 Å². The Hall–Kier alpha value is -2.44. The largest absolute Gasteiger partial charge is 0.507 e. The number of fused-ring (bicyclic) bond motifs is 1. The molecule has 0 aliphatic carbocycles. The molecule has 0 saturated carbocycles. The van der Waals surface area contributed by atoms with Crippen molar-refractivity contribution in [2.75, 3.05) is 5.73 Å². The van der Waals surface area contributed by atoms with E-state index in [0.717, 1.165) is 6.07 Å². The van der Waals surface area contributed by atoms with Gasteiger partial charge < -0.3 is 15.2 Å². The summed E-state index contributed by atoms with van der Waals surface area (Å²) in [6.45, 7) is 0. The molecule has 3 nitrogen and oxygen atoms in total. The van der Waals surface area contributed by atoms with Gasteiger partial charge in [0.25, 0.3) is 0 Å². The van der Waals surface area contributed by atoms with Gasteiger partial charge in [0.15, 0.2) is 11.5 Å². The summed E-state index contributed by atoms with van der Waals surface area (Å²) >= 11 is 0. The average molecular weight is 299 g/mol. The fourth-order valence-electron chi connectivity index (χ4n) is 1.92. The zero-order valence-electron chi connectivity index (χ0n) is 10.4. The van der Waals surface area contributed by atoms with Crippen molar-refractivity contribution in [3.8, 4) is 22.6 Å². The van der Waals surface area contributed by atoms with E-state index in [2.05, 4.69) is 9.47 Å². The van der Waals surface area contributed by atoms with Gasteiger partial charge in [-0.25, -0.2) is 0 Å². The van der Waals surface area contributed by atoms with Gasteiger partial charge >= 0.3 is 12.2 Å². The molecule has 1 aliphatic heterocycles. The third-order valence-corrected chi connectivity index (χ3v) is 3.00. The minimum Gasteiger partial charge on any atom is -0.421 e. The van der Waals surface area contributed by atoms with Crippen molar-refractivity contribution in [1.82, 2.24) is 0 Å². The standard InChI is InChI=1S/C14H9F4NO2/c15-13(16)14(17,18)21-12-7-9(3-6-11(12)20-13)8-1-4-10(19)5-2-8/h1-7H,19H2. The molecule has 0 bridgehead atoms. The lowest BCUT2D eigenvalue weighted by molar-refractivity contribution is -0.391. The molecule has 3 rings (SSSR count). The fourth-order valence-corrected chi connectivity index (χ4v) is 1.92. The molecule has 0 spiro atoms. The van der Waals surface area contributed by atoms with Gasteiger partial charge in [-0.1, -0.05) is 18.2 Å². The van der Waals surface area contributed by atoms with Gasteiger partial charge in [-0.05, 0) is 35.4 Å². The molecule has 0 atom stereocenters. The summed E-state index contributed by atoms with van der Waals surface area (Å²) in [6.07, 6.45) is -9.43. The van der Waals surface area contributed by atoms with Crippen LogP contribution in [0.3, 0.4) is 0 Å². The van der Waals surface area contributed by atoms with Crippen LogP contribution in [0.1, 0.15) is 0 Å². The first-order valence-corrected chi connectivity index (χ1v) is 5.92. The molecule has 0 aromatic heterocycles. The molecular formula is C14H9F4NO2. The van der Waals surface area contributed by atoms with Crippen LogP contribution in [0.25, 0.3) is 11.1 Å². The number of hydrogen-bond acceptors (Lipinski definition) is 3. The number of nitrogen functional groups attached to an aromatic ring is 1. The van der Waals surface area contributed by atoms with Crippen LogP contribution in [0, 0.1) is 0 Å². The molecule has 2 aromatic rings. The Balaban J connectivity index is 2.01. The van der Waals surface area contributed by atoms with E-state index in [0.29, 0.717) is 16.8 Å². The number of halogens is 4. The summed E-state index contributed by atoms with van der Waals surface area (Å²) in [4.78, 5) is 0. The zero-order chi connectivity index (χ0) is 15.3. The normalized spacial score (nSPS) is 18.3. The number of alkyl halides is 4. The summed E-state index contributed by atoms with van der Waals surface area (Å²) < 4.78 is 60.4. The van der Waals surface area contributed by atoms with Crippen molar-refractivity contribution in [3.63, 3.8) is 0 Å². The maximum Gasteiger partial charge on any atom is 0.507 e. The predicted octanol–water partition coefficient (Wildman–Crippen LogP) is 3.89. The Kier molecular flexibility index (Phi) is 2.76. The van der Waals surface area contributed by atoms with Crippen LogP contribution in [0.5, 0.6) is 11.5 Å². The molecular weight excluding hydrogens is 290 g/mol. The van der Waals surface area contributed by atoms with Crippen LogP contribution < -0.4 is 15.2 Å². The van der Waals surface area contributed by atoms with E-state index in [1.54, 1.807) is 24.3 Å². The van der Waals surface area contributed by atoms with Gasteiger partial charge in [-0.15, -0.1) is 0 Å². The van der Waals surface area contributed by atoms with E-state index in [4.69, 9.17) is 5.73 Å². The quantitative estimate of drug-likeness (QED) is 0.641. The highest BCUT2D eigenvalue weighted by Gasteiger charge is 2.65. The van der Waals surface area contributed by atoms with E-state index < -0.39 is 23.7 Å². The summed E-state index contributed by atoms with van der Waals surface area (Å²) in [5, 5.41) is 0. The number of benzene rings is 2. The minimum absolute atomic E-state index is 0.440. The lowest BCUT2D eigenvalue weighted by Gasteiger charge is -2.31. The summed E-state index contributed by atoms with van der Waals surface area (Å²) in [5.74, 6) is -0.884. The molecule has 21 heavy (non-hydrogen) atoms. The van der Waals surface area contributed by atoms with Crippen LogP contribution in [0.15, 0.2) is 42.5 Å². The van der Waals surface area contributed by atoms with E-state index in [1.807, 2.05) is 0 Å². The highest BCUT2D eigenvalue weighted by atomic mass is 19.3. The maximum absolute atomic E-state index is 13.1. The number of nitrogens with two attached hydrogens (primary N) is 1. The number of ether oxygens (including phenoxy) is 2. The molecule has 0 radical (unpaired) electrons. The van der Waals surface area contributed by atoms with E-state index in [-0.39, 0.29) is 0 Å². The van der Waals surface area contributed by atoms with Gasteiger partial charge in [0.05, 0.1) is 0 Å². The molecule has 0 fully saturated rings. The van der Waals surface area contributed by atoms with E-state index >= 15 is 0 Å². The maximum atomic E-state index is 13.1. The van der Waals surface area contributed by atoms with Gasteiger partial charge in [-0.2, -0.15) is 17.6 Å². The Labute approximate surface area is 116 Å². The first-order chi connectivity index (χ1) is 9.78. The van der Waals surface area contributed by atoms with Crippen LogP contribution >= 0.6 is 0 Å². The first kappa shape index (κ1) is 13.5. The third-order valence-electron chi connectivity index (χ3n) is 3.00. The smallest absolute Gasteiger partial charge is 0.421 e. The molecule has 110 valence electrons. The topological polar surface area (TPSA) is 44.5 Å². The monoisotopic (exact) mass is 299 g/mol. The molecule has 0 saturated heterocycles. The number of anilines is 1. The van der Waals surface area contributed by atoms with E-state index in [9.17, 15) is 17.6 Å². The Bertz CT molecular complexity index is 686. The number of hydrogen-bond donors (Lipinski definition) is 1.